The zero-order valence-corrected chi connectivity index (χ0v) is 21.2. The van der Waals surface area contributed by atoms with Crippen molar-refractivity contribution in [3.05, 3.63) is 60.8 Å². The number of benzene rings is 2. The Kier molecular flexibility index (Phi) is 8.65. The Morgan fingerprint density at radius 3 is 2.32 bits per heavy atom. The fraction of sp³-hybridized carbons (Fsp3) is 0.333. The quantitative estimate of drug-likeness (QED) is 0.407. The molecule has 4 rings (SSSR count). The van der Waals surface area contributed by atoms with Gasteiger partial charge in [-0.2, -0.15) is 0 Å². The molecule has 1 fully saturated rings. The highest BCUT2D eigenvalue weighted by molar-refractivity contribution is 5.91. The Balaban J connectivity index is 1.34. The summed E-state index contributed by atoms with van der Waals surface area (Å²) in [4.78, 5) is 37.0. The molecule has 0 spiro atoms. The number of aromatic nitrogens is 2. The van der Waals surface area contributed by atoms with Crippen molar-refractivity contribution < 1.29 is 14.3 Å². The van der Waals surface area contributed by atoms with Crippen LogP contribution in [0.2, 0.25) is 0 Å². The molecule has 1 saturated heterocycles. The van der Waals surface area contributed by atoms with Crippen molar-refractivity contribution in [3.63, 3.8) is 0 Å². The summed E-state index contributed by atoms with van der Waals surface area (Å²) in [5, 5.41) is 6.11. The van der Waals surface area contributed by atoms with E-state index >= 15 is 0 Å². The molecule has 4 N–H and O–H groups in total. The summed E-state index contributed by atoms with van der Waals surface area (Å²) in [6.45, 7) is 4.99. The number of ether oxygens (including phenoxy) is 1. The third-order valence-corrected chi connectivity index (χ3v) is 6.12. The third-order valence-electron chi connectivity index (χ3n) is 6.12. The number of anilines is 4. The number of carbonyl (C=O) groups is 2. The van der Waals surface area contributed by atoms with Gasteiger partial charge >= 0.3 is 0 Å². The van der Waals surface area contributed by atoms with Crippen LogP contribution in [0.1, 0.15) is 13.3 Å². The van der Waals surface area contributed by atoms with Crippen LogP contribution in [0.25, 0.3) is 11.3 Å². The van der Waals surface area contributed by atoms with Crippen LogP contribution in [0.5, 0.6) is 0 Å². The maximum Gasteiger partial charge on any atom is 0.239 e. The van der Waals surface area contributed by atoms with Crippen LogP contribution in [0.3, 0.4) is 0 Å². The first-order chi connectivity index (χ1) is 17.9. The molecule has 2 amide bonds. The number of hydrogen-bond acceptors (Lipinski definition) is 8. The summed E-state index contributed by atoms with van der Waals surface area (Å²) >= 11 is 0. The van der Waals surface area contributed by atoms with Gasteiger partial charge in [-0.25, -0.2) is 9.97 Å². The first-order valence-electron chi connectivity index (χ1n) is 12.3. The van der Waals surface area contributed by atoms with Crippen molar-refractivity contribution in [2.24, 2.45) is 5.73 Å². The highest BCUT2D eigenvalue weighted by Gasteiger charge is 2.23. The Morgan fingerprint density at radius 2 is 1.68 bits per heavy atom. The highest BCUT2D eigenvalue weighted by Crippen LogP contribution is 2.24. The van der Waals surface area contributed by atoms with Crippen molar-refractivity contribution in [3.8, 4) is 11.3 Å². The van der Waals surface area contributed by atoms with Crippen LogP contribution in [0, 0.1) is 0 Å². The topological polar surface area (TPSA) is 126 Å². The molecular formula is C27H33N7O3. The van der Waals surface area contributed by atoms with Crippen LogP contribution in [-0.2, 0) is 14.3 Å². The largest absolute Gasteiger partial charge is 0.384 e. The molecule has 0 bridgehead atoms. The summed E-state index contributed by atoms with van der Waals surface area (Å²) in [6, 6.07) is 17.0. The lowest BCUT2D eigenvalue weighted by molar-refractivity contribution is -0.132. The van der Waals surface area contributed by atoms with Crippen molar-refractivity contribution in [2.45, 2.75) is 19.4 Å². The van der Waals surface area contributed by atoms with E-state index in [1.165, 1.54) is 0 Å². The van der Waals surface area contributed by atoms with E-state index < -0.39 is 6.04 Å². The summed E-state index contributed by atoms with van der Waals surface area (Å²) in [6.07, 6.45) is 2.02. The molecule has 10 heteroatoms. The number of nitrogens with one attached hydrogen (secondary N) is 2. The number of rotatable bonds is 9. The second-order valence-corrected chi connectivity index (χ2v) is 8.91. The van der Waals surface area contributed by atoms with Gasteiger partial charge in [0.05, 0.1) is 24.8 Å². The predicted octanol–water partition coefficient (Wildman–Crippen LogP) is 2.86. The van der Waals surface area contributed by atoms with E-state index in [1.807, 2.05) is 47.4 Å². The van der Waals surface area contributed by atoms with E-state index in [2.05, 4.69) is 37.6 Å². The molecule has 194 valence electrons. The summed E-state index contributed by atoms with van der Waals surface area (Å²) in [7, 11) is 1.57. The molecule has 1 aliphatic heterocycles. The number of carbonyl (C=O) groups excluding carboxylic acids is 2. The lowest BCUT2D eigenvalue weighted by Crippen LogP contribution is -2.52. The van der Waals surface area contributed by atoms with Crippen LogP contribution < -0.4 is 21.3 Å². The van der Waals surface area contributed by atoms with Crippen molar-refractivity contribution in [2.75, 3.05) is 55.4 Å². The van der Waals surface area contributed by atoms with Gasteiger partial charge in [0, 0.05) is 62.1 Å². The van der Waals surface area contributed by atoms with Gasteiger partial charge in [0.1, 0.15) is 0 Å². The van der Waals surface area contributed by atoms with E-state index in [1.54, 1.807) is 20.2 Å². The molecule has 0 unspecified atom stereocenters. The standard InChI is InChI=1S/C27H33N7O3/c1-19(28)26(36)34-16-14-33(15-17-34)23-9-7-22(8-10-23)31-27-29-13-11-24(32-27)20-3-5-21(6-4-20)30-25(35)12-18-37-2/h3-11,13,19H,12,14-18,28H2,1-2H3,(H,30,35)(H,29,31,32)/t19-/m1/s1. The average molecular weight is 504 g/mol. The summed E-state index contributed by atoms with van der Waals surface area (Å²) < 4.78 is 4.93. The minimum atomic E-state index is -0.462. The predicted molar refractivity (Wildman–Crippen MR) is 145 cm³/mol. The van der Waals surface area contributed by atoms with Crippen molar-refractivity contribution in [1.29, 1.82) is 0 Å². The van der Waals surface area contributed by atoms with Gasteiger partial charge in [-0.15, -0.1) is 0 Å². The van der Waals surface area contributed by atoms with Crippen molar-refractivity contribution in [1.82, 2.24) is 14.9 Å². The average Bonchev–Trinajstić information content (AvgIpc) is 2.92. The highest BCUT2D eigenvalue weighted by atomic mass is 16.5. The van der Waals surface area contributed by atoms with Crippen molar-refractivity contribution >= 4 is 34.8 Å². The van der Waals surface area contributed by atoms with Gasteiger partial charge in [-0.1, -0.05) is 12.1 Å². The molecule has 0 radical (unpaired) electrons. The Hall–Kier alpha value is -4.02. The number of amides is 2. The van der Waals surface area contributed by atoms with E-state index in [9.17, 15) is 9.59 Å². The number of nitrogens with zero attached hydrogens (tertiary/aromatic N) is 4. The van der Waals surface area contributed by atoms with E-state index in [-0.39, 0.29) is 11.8 Å². The molecule has 37 heavy (non-hydrogen) atoms. The number of piperazine rings is 1. The fourth-order valence-electron chi connectivity index (χ4n) is 4.08. The molecule has 2 aromatic carbocycles. The van der Waals surface area contributed by atoms with Gasteiger partial charge in [-0.05, 0) is 49.4 Å². The summed E-state index contributed by atoms with van der Waals surface area (Å²) in [5.74, 6) is 0.403. The maximum atomic E-state index is 12.1. The molecular weight excluding hydrogens is 470 g/mol. The van der Waals surface area contributed by atoms with Gasteiger partial charge < -0.3 is 30.9 Å². The van der Waals surface area contributed by atoms with Crippen LogP contribution in [0.4, 0.5) is 23.0 Å². The van der Waals surface area contributed by atoms with Gasteiger partial charge in [-0.3, -0.25) is 9.59 Å². The molecule has 1 atom stereocenters. The first-order valence-corrected chi connectivity index (χ1v) is 12.3. The smallest absolute Gasteiger partial charge is 0.239 e. The SMILES string of the molecule is COCCC(=O)Nc1ccc(-c2ccnc(Nc3ccc(N4CCN(C(=O)[C@@H](C)N)CC4)cc3)n2)cc1. The minimum Gasteiger partial charge on any atom is -0.384 e. The number of hydrogen-bond donors (Lipinski definition) is 3. The Labute approximate surface area is 216 Å². The second kappa shape index (κ2) is 12.3. The number of methoxy groups -OCH3 is 1. The van der Waals surface area contributed by atoms with E-state index in [0.29, 0.717) is 32.1 Å². The van der Waals surface area contributed by atoms with Gasteiger partial charge in [0.2, 0.25) is 17.8 Å². The molecule has 0 aliphatic carbocycles. The van der Waals surface area contributed by atoms with Crippen LogP contribution >= 0.6 is 0 Å². The van der Waals surface area contributed by atoms with E-state index in [0.717, 1.165) is 41.4 Å². The summed E-state index contributed by atoms with van der Waals surface area (Å²) in [5.41, 5.74) is 10.1. The fourth-order valence-corrected chi connectivity index (χ4v) is 4.08. The molecule has 1 aromatic heterocycles. The Morgan fingerprint density at radius 1 is 1.00 bits per heavy atom. The molecule has 0 saturated carbocycles. The van der Waals surface area contributed by atoms with E-state index in [4.69, 9.17) is 10.5 Å². The first kappa shape index (κ1) is 26.1. The second-order valence-electron chi connectivity index (χ2n) is 8.91. The maximum absolute atomic E-state index is 12.1. The Bertz CT molecular complexity index is 1190. The van der Waals surface area contributed by atoms with Crippen LogP contribution in [0.15, 0.2) is 60.8 Å². The van der Waals surface area contributed by atoms with Gasteiger partial charge in [0.25, 0.3) is 0 Å². The molecule has 3 aromatic rings. The number of nitrogens with two attached hydrogens (primary N) is 1. The van der Waals surface area contributed by atoms with Gasteiger partial charge in [0.15, 0.2) is 0 Å². The molecule has 10 nitrogen and oxygen atoms in total. The molecule has 1 aliphatic rings. The zero-order valence-electron chi connectivity index (χ0n) is 21.2. The lowest BCUT2D eigenvalue weighted by atomic mass is 10.1. The monoisotopic (exact) mass is 503 g/mol. The lowest BCUT2D eigenvalue weighted by Gasteiger charge is -2.36. The third kappa shape index (κ3) is 7.02. The zero-order chi connectivity index (χ0) is 26.2. The minimum absolute atomic E-state index is 0.00193. The normalized spacial score (nSPS) is 14.2. The molecule has 2 heterocycles. The van der Waals surface area contributed by atoms with Crippen LogP contribution in [-0.4, -0.2) is 72.6 Å².